The number of carbonyl (C=O) groups is 1. The molecule has 0 atom stereocenters. The van der Waals surface area contributed by atoms with Crippen molar-refractivity contribution in [3.05, 3.63) is 53.2 Å². The summed E-state index contributed by atoms with van der Waals surface area (Å²) < 4.78 is 36.7. The van der Waals surface area contributed by atoms with Crippen molar-refractivity contribution in [3.8, 4) is 0 Å². The third kappa shape index (κ3) is 3.25. The van der Waals surface area contributed by atoms with E-state index in [1.54, 1.807) is 36.4 Å². The normalized spacial score (nSPS) is 12.0. The molecule has 0 aliphatic rings. The highest BCUT2D eigenvalue weighted by Gasteiger charge is 2.26. The first-order valence-corrected chi connectivity index (χ1v) is 10.9. The van der Waals surface area contributed by atoms with E-state index in [1.807, 2.05) is 0 Å². The average molecular weight is 436 g/mol. The number of nitrogens with zero attached hydrogens (tertiary/aromatic N) is 3. The zero-order valence-electron chi connectivity index (χ0n) is 14.4. The van der Waals surface area contributed by atoms with Crippen molar-refractivity contribution in [2.45, 2.75) is 24.2 Å². The summed E-state index contributed by atoms with van der Waals surface area (Å²) in [7, 11) is -3.98. The Kier molecular flexibility index (Phi) is 4.82. The standard InChI is InChI=1S/C18H14ClN3O4S2/c19-12-7-8-15-11(9-12)10-13(3-1-6-17(23)24)22(15)28(25,26)16-5-2-4-14-18(16)21-27-20-14/h2,4-5,7-10H,1,3,6H2,(H,23,24). The van der Waals surface area contributed by atoms with Crippen molar-refractivity contribution in [3.63, 3.8) is 0 Å². The lowest BCUT2D eigenvalue weighted by Crippen LogP contribution is -2.16. The second-order valence-electron chi connectivity index (χ2n) is 6.24. The minimum absolute atomic E-state index is 0.0477. The Labute approximate surface area is 169 Å². The lowest BCUT2D eigenvalue weighted by Gasteiger charge is -2.12. The Morgan fingerprint density at radius 1 is 1.18 bits per heavy atom. The molecule has 7 nitrogen and oxygen atoms in total. The lowest BCUT2D eigenvalue weighted by molar-refractivity contribution is -0.137. The molecule has 2 aromatic carbocycles. The molecule has 2 aromatic heterocycles. The second kappa shape index (κ2) is 7.16. The summed E-state index contributed by atoms with van der Waals surface area (Å²) in [6.45, 7) is 0. The molecule has 0 radical (unpaired) electrons. The van der Waals surface area contributed by atoms with Gasteiger partial charge >= 0.3 is 5.97 Å². The number of hydrogen-bond acceptors (Lipinski definition) is 6. The number of fused-ring (bicyclic) bond motifs is 2. The Morgan fingerprint density at radius 2 is 2.00 bits per heavy atom. The highest BCUT2D eigenvalue weighted by molar-refractivity contribution is 7.90. The van der Waals surface area contributed by atoms with Gasteiger partial charge in [-0.25, -0.2) is 12.4 Å². The molecular formula is C18H14ClN3O4S2. The van der Waals surface area contributed by atoms with Crippen LogP contribution in [0.3, 0.4) is 0 Å². The third-order valence-corrected chi connectivity index (χ3v) is 6.96. The van der Waals surface area contributed by atoms with Crippen LogP contribution in [0.5, 0.6) is 0 Å². The molecule has 0 spiro atoms. The van der Waals surface area contributed by atoms with Crippen LogP contribution in [0.25, 0.3) is 21.9 Å². The average Bonchev–Trinajstić information content (AvgIpc) is 3.24. The molecule has 28 heavy (non-hydrogen) atoms. The second-order valence-corrected chi connectivity index (χ2v) is 8.96. The van der Waals surface area contributed by atoms with Gasteiger partial charge in [-0.2, -0.15) is 8.75 Å². The van der Waals surface area contributed by atoms with Crippen LogP contribution >= 0.6 is 23.3 Å². The Balaban J connectivity index is 1.92. The van der Waals surface area contributed by atoms with E-state index in [0.717, 1.165) is 11.7 Å². The molecule has 0 bridgehead atoms. The molecule has 4 aromatic rings. The van der Waals surface area contributed by atoms with E-state index in [9.17, 15) is 13.2 Å². The van der Waals surface area contributed by atoms with E-state index in [4.69, 9.17) is 16.7 Å². The Hall–Kier alpha value is -2.49. The van der Waals surface area contributed by atoms with Crippen molar-refractivity contribution in [1.29, 1.82) is 0 Å². The largest absolute Gasteiger partial charge is 0.481 e. The number of benzene rings is 2. The summed E-state index contributed by atoms with van der Waals surface area (Å²) in [5, 5.41) is 10.1. The summed E-state index contributed by atoms with van der Waals surface area (Å²) in [5.74, 6) is -0.924. The number of aromatic nitrogens is 3. The van der Waals surface area contributed by atoms with Gasteiger partial charge < -0.3 is 5.11 Å². The number of carboxylic acid groups (broad SMARTS) is 1. The number of aryl methyl sites for hydroxylation is 1. The van der Waals surface area contributed by atoms with Crippen molar-refractivity contribution >= 4 is 61.3 Å². The molecule has 0 aliphatic carbocycles. The third-order valence-electron chi connectivity index (χ3n) is 4.38. The molecule has 0 fully saturated rings. The van der Waals surface area contributed by atoms with E-state index >= 15 is 0 Å². The van der Waals surface area contributed by atoms with E-state index in [-0.39, 0.29) is 11.3 Å². The van der Waals surface area contributed by atoms with Crippen LogP contribution in [-0.4, -0.2) is 32.2 Å². The minimum Gasteiger partial charge on any atom is -0.481 e. The summed E-state index contributed by atoms with van der Waals surface area (Å²) >= 11 is 7.02. The van der Waals surface area contributed by atoms with E-state index in [0.29, 0.717) is 45.5 Å². The first-order valence-electron chi connectivity index (χ1n) is 8.36. The van der Waals surface area contributed by atoms with Crippen LogP contribution in [0.15, 0.2) is 47.4 Å². The van der Waals surface area contributed by atoms with Crippen molar-refractivity contribution in [1.82, 2.24) is 12.7 Å². The summed E-state index contributed by atoms with van der Waals surface area (Å²) in [6, 6.07) is 11.5. The fourth-order valence-corrected chi connectivity index (χ4v) is 5.69. The van der Waals surface area contributed by atoms with Gasteiger partial charge in [0.1, 0.15) is 15.9 Å². The fraction of sp³-hybridized carbons (Fsp3) is 0.167. The fourth-order valence-electron chi connectivity index (χ4n) is 3.18. The van der Waals surface area contributed by atoms with Gasteiger partial charge in [-0.1, -0.05) is 17.7 Å². The topological polar surface area (TPSA) is 102 Å². The van der Waals surface area contributed by atoms with E-state index in [1.165, 1.54) is 10.0 Å². The molecule has 0 saturated heterocycles. The minimum atomic E-state index is -3.98. The molecule has 10 heteroatoms. The van der Waals surface area contributed by atoms with Crippen LogP contribution in [0, 0.1) is 0 Å². The van der Waals surface area contributed by atoms with Gasteiger partial charge in [0.15, 0.2) is 0 Å². The maximum Gasteiger partial charge on any atom is 0.303 e. The van der Waals surface area contributed by atoms with E-state index < -0.39 is 16.0 Å². The summed E-state index contributed by atoms with van der Waals surface area (Å²) in [6.07, 6.45) is 0.564. The van der Waals surface area contributed by atoms with Crippen molar-refractivity contribution in [2.24, 2.45) is 0 Å². The smallest absolute Gasteiger partial charge is 0.303 e. The van der Waals surface area contributed by atoms with Gasteiger partial charge in [0.05, 0.1) is 17.2 Å². The SMILES string of the molecule is O=C(O)CCCc1cc2cc(Cl)ccc2n1S(=O)(=O)c1cccc2nsnc12. The van der Waals surface area contributed by atoms with Crippen molar-refractivity contribution in [2.75, 3.05) is 0 Å². The maximum absolute atomic E-state index is 13.6. The zero-order valence-corrected chi connectivity index (χ0v) is 16.8. The molecular weight excluding hydrogens is 422 g/mol. The van der Waals surface area contributed by atoms with Crippen molar-refractivity contribution < 1.29 is 18.3 Å². The monoisotopic (exact) mass is 435 g/mol. The molecule has 0 unspecified atom stereocenters. The quantitative estimate of drug-likeness (QED) is 0.492. The molecule has 1 N–H and O–H groups in total. The summed E-state index contributed by atoms with van der Waals surface area (Å²) in [4.78, 5) is 10.9. The molecule has 0 amide bonds. The molecule has 2 heterocycles. The maximum atomic E-state index is 13.6. The van der Waals surface area contributed by atoms with E-state index in [2.05, 4.69) is 8.75 Å². The molecule has 4 rings (SSSR count). The van der Waals surface area contributed by atoms with Crippen LogP contribution in [-0.2, 0) is 21.2 Å². The molecule has 0 aliphatic heterocycles. The van der Waals surface area contributed by atoms with Crippen LogP contribution in [0.2, 0.25) is 5.02 Å². The van der Waals surface area contributed by atoms with Gasteiger partial charge in [0, 0.05) is 22.5 Å². The van der Waals surface area contributed by atoms with Gasteiger partial charge in [0.2, 0.25) is 0 Å². The van der Waals surface area contributed by atoms with Crippen LogP contribution in [0.4, 0.5) is 0 Å². The molecule has 144 valence electrons. The van der Waals surface area contributed by atoms with Gasteiger partial charge in [-0.05, 0) is 49.2 Å². The number of carboxylic acids is 1. The lowest BCUT2D eigenvalue weighted by atomic mass is 10.2. The number of aliphatic carboxylic acids is 1. The number of rotatable bonds is 6. The summed E-state index contributed by atoms with van der Waals surface area (Å²) in [5.41, 5.74) is 1.81. The Bertz CT molecular complexity index is 1310. The number of hydrogen-bond donors (Lipinski definition) is 1. The van der Waals surface area contributed by atoms with Gasteiger partial charge in [-0.15, -0.1) is 0 Å². The molecule has 0 saturated carbocycles. The highest BCUT2D eigenvalue weighted by Crippen LogP contribution is 2.31. The first-order chi connectivity index (χ1) is 13.4. The highest BCUT2D eigenvalue weighted by atomic mass is 35.5. The first kappa shape index (κ1) is 18.9. The van der Waals surface area contributed by atoms with Crippen LogP contribution < -0.4 is 0 Å². The van der Waals surface area contributed by atoms with Crippen LogP contribution in [0.1, 0.15) is 18.5 Å². The Morgan fingerprint density at radius 3 is 2.79 bits per heavy atom. The number of halogens is 1. The predicted octanol–water partition coefficient (Wildman–Crippen LogP) is 3.94. The zero-order chi connectivity index (χ0) is 19.9. The predicted molar refractivity (Wildman–Crippen MR) is 108 cm³/mol. The van der Waals surface area contributed by atoms with Gasteiger partial charge in [0.25, 0.3) is 10.0 Å². The van der Waals surface area contributed by atoms with Gasteiger partial charge in [-0.3, -0.25) is 4.79 Å².